The van der Waals surface area contributed by atoms with Crippen molar-refractivity contribution in [1.82, 2.24) is 10.2 Å². The van der Waals surface area contributed by atoms with Gasteiger partial charge >= 0.3 is 6.18 Å². The van der Waals surface area contributed by atoms with Crippen LogP contribution in [0, 0.1) is 13.8 Å². The van der Waals surface area contributed by atoms with Gasteiger partial charge in [-0.15, -0.1) is 11.3 Å². The van der Waals surface area contributed by atoms with Gasteiger partial charge in [-0.2, -0.15) is 13.2 Å². The summed E-state index contributed by atoms with van der Waals surface area (Å²) >= 11 is 1.48. The van der Waals surface area contributed by atoms with Crippen LogP contribution in [-0.4, -0.2) is 30.8 Å². The maximum absolute atomic E-state index is 12.8. The molecule has 0 aliphatic heterocycles. The van der Waals surface area contributed by atoms with Crippen LogP contribution >= 0.6 is 11.3 Å². The van der Waals surface area contributed by atoms with Gasteiger partial charge in [-0.25, -0.2) is 4.39 Å². The molecule has 1 aromatic heterocycles. The molecule has 130 valence electrons. The fraction of sp³-hybridized carbons (Fsp3) is 0.500. The van der Waals surface area contributed by atoms with Crippen LogP contribution in [0.5, 0.6) is 0 Å². The van der Waals surface area contributed by atoms with Gasteiger partial charge in [-0.1, -0.05) is 13.2 Å². The van der Waals surface area contributed by atoms with Crippen molar-refractivity contribution in [3.05, 3.63) is 39.7 Å². The molecule has 7 heteroatoms. The lowest BCUT2D eigenvalue weighted by atomic mass is 10.1. The van der Waals surface area contributed by atoms with Gasteiger partial charge in [0.25, 0.3) is 0 Å². The molecule has 0 fully saturated rings. The standard InChI is InChI=1S/C16H22F4N2S/c1-10(2)22(9-16(18,19)20)12(4)15-11(3)14(23-13(15)5)8-21-7-6-17/h21H,1,4,6-9H2,2-3,5H3. The van der Waals surface area contributed by atoms with Gasteiger partial charge < -0.3 is 10.2 Å². The van der Waals surface area contributed by atoms with Crippen molar-refractivity contribution in [2.45, 2.75) is 33.5 Å². The Kier molecular flexibility index (Phi) is 6.83. The first-order chi connectivity index (χ1) is 10.6. The minimum absolute atomic E-state index is 0.249. The lowest BCUT2D eigenvalue weighted by Gasteiger charge is -2.28. The molecule has 1 aromatic rings. The van der Waals surface area contributed by atoms with Gasteiger partial charge in [-0.3, -0.25) is 0 Å². The highest BCUT2D eigenvalue weighted by Crippen LogP contribution is 2.36. The summed E-state index contributed by atoms with van der Waals surface area (Å²) in [5.74, 6) is 0. The van der Waals surface area contributed by atoms with E-state index in [4.69, 9.17) is 0 Å². The van der Waals surface area contributed by atoms with E-state index in [1.165, 1.54) is 18.3 Å². The number of rotatable bonds is 8. The third kappa shape index (κ3) is 5.35. The quantitative estimate of drug-likeness (QED) is 0.535. The molecule has 2 nitrogen and oxygen atoms in total. The molecule has 0 aliphatic rings. The van der Waals surface area contributed by atoms with E-state index in [0.717, 1.165) is 20.2 Å². The zero-order valence-corrected chi connectivity index (χ0v) is 14.4. The highest BCUT2D eigenvalue weighted by atomic mass is 32.1. The van der Waals surface area contributed by atoms with Crippen LogP contribution in [0.2, 0.25) is 0 Å². The Bertz CT molecular complexity index is 575. The van der Waals surface area contributed by atoms with Crippen LogP contribution < -0.4 is 5.32 Å². The van der Waals surface area contributed by atoms with Crippen molar-refractivity contribution in [3.63, 3.8) is 0 Å². The van der Waals surface area contributed by atoms with Gasteiger partial charge in [0, 0.05) is 39.8 Å². The molecular weight excluding hydrogens is 328 g/mol. The van der Waals surface area contributed by atoms with E-state index in [1.807, 2.05) is 13.8 Å². The monoisotopic (exact) mass is 350 g/mol. The molecule has 0 aromatic carbocycles. The van der Waals surface area contributed by atoms with E-state index in [0.29, 0.717) is 12.1 Å². The SMILES string of the molecule is C=C(C)N(CC(F)(F)F)C(=C)c1c(C)sc(CNCCF)c1C. The Morgan fingerprint density at radius 2 is 1.87 bits per heavy atom. The van der Waals surface area contributed by atoms with Crippen molar-refractivity contribution < 1.29 is 17.6 Å². The first kappa shape index (κ1) is 19.7. The van der Waals surface area contributed by atoms with Crippen molar-refractivity contribution in [3.8, 4) is 0 Å². The molecule has 0 radical (unpaired) electrons. The van der Waals surface area contributed by atoms with E-state index in [-0.39, 0.29) is 17.9 Å². The molecule has 0 atom stereocenters. The maximum Gasteiger partial charge on any atom is 0.406 e. The van der Waals surface area contributed by atoms with Gasteiger partial charge in [0.2, 0.25) is 0 Å². The van der Waals surface area contributed by atoms with Crippen LogP contribution in [0.25, 0.3) is 5.70 Å². The number of nitrogens with zero attached hydrogens (tertiary/aromatic N) is 1. The maximum atomic E-state index is 12.8. The van der Waals surface area contributed by atoms with Gasteiger partial charge in [0.15, 0.2) is 0 Å². The Balaban J connectivity index is 3.08. The minimum atomic E-state index is -4.34. The predicted octanol–water partition coefficient (Wildman–Crippen LogP) is 4.79. The van der Waals surface area contributed by atoms with E-state index >= 15 is 0 Å². The van der Waals surface area contributed by atoms with Crippen LogP contribution in [0.1, 0.15) is 27.8 Å². The fourth-order valence-electron chi connectivity index (χ4n) is 2.35. The average Bonchev–Trinajstić information content (AvgIpc) is 2.69. The smallest absolute Gasteiger partial charge is 0.337 e. The molecule has 1 rings (SSSR count). The number of nitrogens with one attached hydrogen (secondary N) is 1. The second-order valence-electron chi connectivity index (χ2n) is 5.33. The van der Waals surface area contributed by atoms with Crippen molar-refractivity contribution in [1.29, 1.82) is 0 Å². The first-order valence-electron chi connectivity index (χ1n) is 7.13. The predicted molar refractivity (Wildman–Crippen MR) is 88.1 cm³/mol. The Hall–Kier alpha value is -1.34. The van der Waals surface area contributed by atoms with E-state index in [2.05, 4.69) is 18.5 Å². The molecule has 0 saturated heterocycles. The average molecular weight is 350 g/mol. The van der Waals surface area contributed by atoms with Gasteiger partial charge in [-0.05, 0) is 26.3 Å². The molecule has 0 bridgehead atoms. The number of thiophene rings is 1. The molecule has 0 amide bonds. The van der Waals surface area contributed by atoms with E-state index in [9.17, 15) is 17.6 Å². The Morgan fingerprint density at radius 1 is 1.26 bits per heavy atom. The van der Waals surface area contributed by atoms with Crippen LogP contribution in [0.15, 0.2) is 18.9 Å². The van der Waals surface area contributed by atoms with Crippen LogP contribution in [0.3, 0.4) is 0 Å². The van der Waals surface area contributed by atoms with E-state index in [1.54, 1.807) is 0 Å². The summed E-state index contributed by atoms with van der Waals surface area (Å²) in [6.45, 7) is 11.9. The van der Waals surface area contributed by atoms with Crippen molar-refractivity contribution in [2.24, 2.45) is 0 Å². The Morgan fingerprint density at radius 3 is 2.35 bits per heavy atom. The number of aryl methyl sites for hydroxylation is 1. The zero-order chi connectivity index (χ0) is 17.8. The molecular formula is C16H22F4N2S. The molecule has 0 spiro atoms. The molecule has 0 unspecified atom stereocenters. The summed E-state index contributed by atoms with van der Waals surface area (Å²) < 4.78 is 50.5. The largest absolute Gasteiger partial charge is 0.406 e. The number of hydrogen-bond acceptors (Lipinski definition) is 3. The third-order valence-corrected chi connectivity index (χ3v) is 4.60. The number of hydrogen-bond donors (Lipinski definition) is 1. The first-order valence-corrected chi connectivity index (χ1v) is 7.94. The number of allylic oxidation sites excluding steroid dienone is 1. The minimum Gasteiger partial charge on any atom is -0.337 e. The normalized spacial score (nSPS) is 11.6. The van der Waals surface area contributed by atoms with Gasteiger partial charge in [0.05, 0.1) is 0 Å². The van der Waals surface area contributed by atoms with Crippen molar-refractivity contribution in [2.75, 3.05) is 19.8 Å². The third-order valence-electron chi connectivity index (χ3n) is 3.39. The Labute approximate surface area is 138 Å². The van der Waals surface area contributed by atoms with Gasteiger partial charge in [0.1, 0.15) is 13.2 Å². The molecule has 1 heterocycles. The summed E-state index contributed by atoms with van der Waals surface area (Å²) in [7, 11) is 0. The highest BCUT2D eigenvalue weighted by Gasteiger charge is 2.33. The zero-order valence-electron chi connectivity index (χ0n) is 13.6. The second kappa shape index (κ2) is 7.97. The molecule has 23 heavy (non-hydrogen) atoms. The summed E-state index contributed by atoms with van der Waals surface area (Å²) in [6, 6.07) is 0. The fourth-order valence-corrected chi connectivity index (χ4v) is 3.52. The highest BCUT2D eigenvalue weighted by molar-refractivity contribution is 7.12. The van der Waals surface area contributed by atoms with Crippen LogP contribution in [0.4, 0.5) is 17.6 Å². The van der Waals surface area contributed by atoms with Crippen LogP contribution in [-0.2, 0) is 6.54 Å². The molecule has 0 saturated carbocycles. The van der Waals surface area contributed by atoms with Crippen molar-refractivity contribution >= 4 is 17.0 Å². The second-order valence-corrected chi connectivity index (χ2v) is 6.64. The number of halogens is 4. The van der Waals surface area contributed by atoms with E-state index < -0.39 is 19.4 Å². The number of alkyl halides is 4. The molecule has 0 aliphatic carbocycles. The summed E-state index contributed by atoms with van der Waals surface area (Å²) in [4.78, 5) is 2.94. The topological polar surface area (TPSA) is 15.3 Å². The summed E-state index contributed by atoms with van der Waals surface area (Å²) in [5, 5.41) is 2.96. The lowest BCUT2D eigenvalue weighted by molar-refractivity contribution is -0.135. The lowest BCUT2D eigenvalue weighted by Crippen LogP contribution is -2.31. The molecule has 1 N–H and O–H groups in total. The summed E-state index contributed by atoms with van der Waals surface area (Å²) in [6.07, 6.45) is -4.34. The summed E-state index contributed by atoms with van der Waals surface area (Å²) in [5.41, 5.74) is 2.16.